The average molecular weight is 316 g/mol. The Morgan fingerprint density at radius 2 is 1.25 bits per heavy atom. The molecule has 1 aromatic heterocycles. The highest BCUT2D eigenvalue weighted by molar-refractivity contribution is 6.10. The van der Waals surface area contributed by atoms with E-state index in [1.807, 2.05) is 41.0 Å². The van der Waals surface area contributed by atoms with Crippen LogP contribution < -0.4 is 17.2 Å². The molecular weight excluding hydrogens is 300 g/mol. The van der Waals surface area contributed by atoms with E-state index >= 15 is 0 Å². The summed E-state index contributed by atoms with van der Waals surface area (Å²) in [5, 5.41) is 2.23. The molecule has 0 spiro atoms. The first-order valence-electron chi connectivity index (χ1n) is 7.55. The smallest absolute Gasteiger partial charge is 0.248 e. The van der Waals surface area contributed by atoms with Crippen LogP contribution in [0.4, 0.5) is 11.4 Å². The fraction of sp³-hybridized carbons (Fsp3) is 0. The van der Waals surface area contributed by atoms with E-state index in [0.29, 0.717) is 22.6 Å². The van der Waals surface area contributed by atoms with Gasteiger partial charge in [-0.05, 0) is 24.3 Å². The summed E-state index contributed by atoms with van der Waals surface area (Å²) >= 11 is 0. The van der Waals surface area contributed by atoms with Gasteiger partial charge >= 0.3 is 0 Å². The van der Waals surface area contributed by atoms with Crippen molar-refractivity contribution < 1.29 is 4.79 Å². The van der Waals surface area contributed by atoms with Crippen molar-refractivity contribution in [3.05, 3.63) is 66.2 Å². The second-order valence-corrected chi connectivity index (χ2v) is 5.74. The molecule has 5 nitrogen and oxygen atoms in total. The van der Waals surface area contributed by atoms with E-state index in [2.05, 4.69) is 12.1 Å². The van der Waals surface area contributed by atoms with E-state index < -0.39 is 5.91 Å². The lowest BCUT2D eigenvalue weighted by Gasteiger charge is -2.14. The van der Waals surface area contributed by atoms with E-state index in [0.717, 1.165) is 21.8 Å². The lowest BCUT2D eigenvalue weighted by Crippen LogP contribution is -2.13. The third-order valence-electron chi connectivity index (χ3n) is 4.26. The number of nitrogen functional groups attached to an aromatic ring is 2. The van der Waals surface area contributed by atoms with Crippen molar-refractivity contribution in [2.45, 2.75) is 0 Å². The highest BCUT2D eigenvalue weighted by Gasteiger charge is 2.17. The molecular formula is C19H16N4O. The van der Waals surface area contributed by atoms with Crippen LogP contribution in [0.25, 0.3) is 27.5 Å². The molecule has 6 N–H and O–H groups in total. The van der Waals surface area contributed by atoms with E-state index in [1.165, 1.54) is 0 Å². The number of nitrogens with two attached hydrogens (primary N) is 3. The second-order valence-electron chi connectivity index (χ2n) is 5.74. The Hall–Kier alpha value is -3.47. The van der Waals surface area contributed by atoms with E-state index in [4.69, 9.17) is 17.2 Å². The molecule has 0 bridgehead atoms. The zero-order valence-corrected chi connectivity index (χ0v) is 12.9. The van der Waals surface area contributed by atoms with Gasteiger partial charge in [0.05, 0.1) is 28.1 Å². The first-order valence-corrected chi connectivity index (χ1v) is 7.55. The zero-order chi connectivity index (χ0) is 16.8. The van der Waals surface area contributed by atoms with Crippen LogP contribution in [-0.4, -0.2) is 10.5 Å². The maximum absolute atomic E-state index is 11.4. The van der Waals surface area contributed by atoms with Crippen molar-refractivity contribution >= 4 is 39.1 Å². The van der Waals surface area contributed by atoms with Crippen LogP contribution in [0, 0.1) is 0 Å². The summed E-state index contributed by atoms with van der Waals surface area (Å²) in [5.74, 6) is -0.554. The minimum absolute atomic E-state index is 0.300. The van der Waals surface area contributed by atoms with Crippen LogP contribution in [-0.2, 0) is 0 Å². The van der Waals surface area contributed by atoms with Gasteiger partial charge in [-0.2, -0.15) is 0 Å². The Labute approximate surface area is 138 Å². The fourth-order valence-electron chi connectivity index (χ4n) is 3.24. The first-order chi connectivity index (χ1) is 11.6. The molecule has 24 heavy (non-hydrogen) atoms. The standard InChI is InChI=1S/C19H16N4O/c20-14-9-11(19(22)24)10-15(21)18(14)23-16-7-3-1-5-12(16)13-6-2-4-8-17(13)23/h1-10H,20-21H2,(H2,22,24). The minimum Gasteiger partial charge on any atom is -0.397 e. The van der Waals surface area contributed by atoms with Crippen LogP contribution in [0.1, 0.15) is 10.4 Å². The molecule has 0 aliphatic rings. The molecule has 5 heteroatoms. The van der Waals surface area contributed by atoms with Gasteiger partial charge < -0.3 is 21.8 Å². The fourth-order valence-corrected chi connectivity index (χ4v) is 3.24. The summed E-state index contributed by atoms with van der Waals surface area (Å²) in [4.78, 5) is 11.4. The summed E-state index contributed by atoms with van der Waals surface area (Å²) in [6.07, 6.45) is 0. The molecule has 0 fully saturated rings. The normalized spacial score (nSPS) is 11.2. The highest BCUT2D eigenvalue weighted by atomic mass is 16.1. The van der Waals surface area contributed by atoms with Crippen LogP contribution in [0.2, 0.25) is 0 Å². The van der Waals surface area contributed by atoms with E-state index in [9.17, 15) is 4.79 Å². The highest BCUT2D eigenvalue weighted by Crippen LogP contribution is 2.36. The SMILES string of the molecule is NC(=O)c1cc(N)c(-n2c3ccccc3c3ccccc32)c(N)c1. The number of fused-ring (bicyclic) bond motifs is 3. The number of carbonyl (C=O) groups is 1. The van der Waals surface area contributed by atoms with Crippen LogP contribution in [0.5, 0.6) is 0 Å². The van der Waals surface area contributed by atoms with Crippen LogP contribution in [0.15, 0.2) is 60.7 Å². The summed E-state index contributed by atoms with van der Waals surface area (Å²) < 4.78 is 2.03. The van der Waals surface area contributed by atoms with Crippen molar-refractivity contribution in [2.75, 3.05) is 11.5 Å². The number of nitrogens with zero attached hydrogens (tertiary/aromatic N) is 1. The summed E-state index contributed by atoms with van der Waals surface area (Å²) in [6, 6.07) is 19.3. The summed E-state index contributed by atoms with van der Waals surface area (Å²) in [6.45, 7) is 0. The van der Waals surface area contributed by atoms with Gasteiger partial charge in [0.15, 0.2) is 0 Å². The second kappa shape index (κ2) is 5.03. The molecule has 1 amide bonds. The number of hydrogen-bond donors (Lipinski definition) is 3. The topological polar surface area (TPSA) is 100 Å². The largest absolute Gasteiger partial charge is 0.397 e. The lowest BCUT2D eigenvalue weighted by molar-refractivity contribution is 0.100. The van der Waals surface area contributed by atoms with Crippen molar-refractivity contribution in [1.82, 2.24) is 4.57 Å². The Kier molecular flexibility index (Phi) is 2.96. The number of anilines is 2. The number of amides is 1. The van der Waals surface area contributed by atoms with E-state index in [1.54, 1.807) is 12.1 Å². The maximum atomic E-state index is 11.4. The van der Waals surface area contributed by atoms with Gasteiger partial charge in [-0.1, -0.05) is 36.4 Å². The summed E-state index contributed by atoms with van der Waals surface area (Å²) in [5.41, 5.74) is 21.6. The van der Waals surface area contributed by atoms with Crippen molar-refractivity contribution in [1.29, 1.82) is 0 Å². The average Bonchev–Trinajstić information content (AvgIpc) is 2.89. The quantitative estimate of drug-likeness (QED) is 0.495. The monoisotopic (exact) mass is 316 g/mol. The number of carbonyl (C=O) groups excluding carboxylic acids is 1. The summed E-state index contributed by atoms with van der Waals surface area (Å²) in [7, 11) is 0. The Bertz CT molecular complexity index is 1030. The van der Waals surface area contributed by atoms with Gasteiger partial charge in [-0.3, -0.25) is 4.79 Å². The maximum Gasteiger partial charge on any atom is 0.248 e. The van der Waals surface area contributed by atoms with Crippen molar-refractivity contribution in [3.8, 4) is 5.69 Å². The molecule has 3 aromatic carbocycles. The zero-order valence-electron chi connectivity index (χ0n) is 12.9. The van der Waals surface area contributed by atoms with Crippen molar-refractivity contribution in [2.24, 2.45) is 5.73 Å². The Balaban J connectivity index is 2.15. The molecule has 0 radical (unpaired) electrons. The number of para-hydroxylation sites is 2. The molecule has 0 unspecified atom stereocenters. The van der Waals surface area contributed by atoms with Crippen molar-refractivity contribution in [3.63, 3.8) is 0 Å². The number of rotatable bonds is 2. The van der Waals surface area contributed by atoms with Gasteiger partial charge in [-0.15, -0.1) is 0 Å². The molecule has 0 saturated carbocycles. The molecule has 4 rings (SSSR count). The Morgan fingerprint density at radius 3 is 1.71 bits per heavy atom. The van der Waals surface area contributed by atoms with Gasteiger partial charge in [0.25, 0.3) is 0 Å². The number of benzene rings is 3. The number of aromatic nitrogens is 1. The van der Waals surface area contributed by atoms with Gasteiger partial charge in [-0.25, -0.2) is 0 Å². The Morgan fingerprint density at radius 1 is 0.792 bits per heavy atom. The van der Waals surface area contributed by atoms with Gasteiger partial charge in [0, 0.05) is 16.3 Å². The predicted octanol–water partition coefficient (Wildman–Crippen LogP) is 3.05. The predicted molar refractivity (Wildman–Crippen MR) is 98.1 cm³/mol. The first kappa shape index (κ1) is 14.1. The lowest BCUT2D eigenvalue weighted by atomic mass is 10.1. The third kappa shape index (κ3) is 1.91. The molecule has 4 aromatic rings. The molecule has 0 aliphatic carbocycles. The van der Waals surface area contributed by atoms with Crippen LogP contribution in [0.3, 0.4) is 0 Å². The molecule has 0 atom stereocenters. The molecule has 1 heterocycles. The number of hydrogen-bond acceptors (Lipinski definition) is 3. The van der Waals surface area contributed by atoms with Gasteiger partial charge in [0.1, 0.15) is 0 Å². The third-order valence-corrected chi connectivity index (χ3v) is 4.26. The van der Waals surface area contributed by atoms with E-state index in [-0.39, 0.29) is 0 Å². The molecule has 0 saturated heterocycles. The van der Waals surface area contributed by atoms with Crippen LogP contribution >= 0.6 is 0 Å². The molecule has 0 aliphatic heterocycles. The number of primary amides is 1. The molecule has 118 valence electrons. The van der Waals surface area contributed by atoms with Gasteiger partial charge in [0.2, 0.25) is 5.91 Å². The minimum atomic E-state index is -0.554.